The Morgan fingerprint density at radius 2 is 2.00 bits per heavy atom. The molecule has 2 rings (SSSR count). The van der Waals surface area contributed by atoms with Gasteiger partial charge in [0.05, 0.1) is 13.5 Å². The van der Waals surface area contributed by atoms with Crippen molar-refractivity contribution in [2.75, 3.05) is 7.11 Å². The topological polar surface area (TPSA) is 43.4 Å². The number of hydrogen-bond acceptors (Lipinski definition) is 3. The number of rotatable bonds is 3. The number of ether oxygens (including phenoxy) is 1. The zero-order valence-corrected chi connectivity index (χ0v) is 11.9. The third-order valence-electron chi connectivity index (χ3n) is 4.06. The van der Waals surface area contributed by atoms with Gasteiger partial charge in [0.1, 0.15) is 0 Å². The number of carbonyl (C=O) groups excluding carboxylic acids is 2. The largest absolute Gasteiger partial charge is 0.469 e. The highest BCUT2D eigenvalue weighted by atomic mass is 16.5. The van der Waals surface area contributed by atoms with Crippen LogP contribution < -0.4 is 0 Å². The van der Waals surface area contributed by atoms with Gasteiger partial charge in [-0.05, 0) is 54.9 Å². The average molecular weight is 260 g/mol. The second-order valence-electron chi connectivity index (χ2n) is 5.47. The molecule has 0 amide bonds. The maximum Gasteiger partial charge on any atom is 0.306 e. The van der Waals surface area contributed by atoms with Gasteiger partial charge in [0.15, 0.2) is 5.78 Å². The number of hydrogen-bond donors (Lipinski definition) is 0. The number of benzene rings is 1. The van der Waals surface area contributed by atoms with Gasteiger partial charge >= 0.3 is 5.97 Å². The van der Waals surface area contributed by atoms with Crippen LogP contribution in [0.5, 0.6) is 0 Å². The van der Waals surface area contributed by atoms with E-state index in [0.717, 1.165) is 17.5 Å². The first-order valence-electron chi connectivity index (χ1n) is 6.66. The highest BCUT2D eigenvalue weighted by Crippen LogP contribution is 2.44. The van der Waals surface area contributed by atoms with Crippen molar-refractivity contribution in [3.63, 3.8) is 0 Å². The fourth-order valence-corrected chi connectivity index (χ4v) is 3.07. The first-order valence-corrected chi connectivity index (χ1v) is 6.66. The van der Waals surface area contributed by atoms with Gasteiger partial charge in [-0.3, -0.25) is 9.59 Å². The summed E-state index contributed by atoms with van der Waals surface area (Å²) in [6.45, 7) is 5.70. The van der Waals surface area contributed by atoms with E-state index in [1.54, 1.807) is 6.92 Å². The number of aryl methyl sites for hydroxylation is 1. The van der Waals surface area contributed by atoms with Gasteiger partial charge in [-0.15, -0.1) is 0 Å². The van der Waals surface area contributed by atoms with Crippen LogP contribution in [0.15, 0.2) is 12.1 Å². The predicted octanol–water partition coefficient (Wildman–Crippen LogP) is 3.35. The van der Waals surface area contributed by atoms with E-state index < -0.39 is 0 Å². The summed E-state index contributed by atoms with van der Waals surface area (Å²) in [5, 5.41) is 0. The van der Waals surface area contributed by atoms with E-state index in [1.165, 1.54) is 18.2 Å². The van der Waals surface area contributed by atoms with Gasteiger partial charge in [0, 0.05) is 5.56 Å². The molecule has 102 valence electrons. The summed E-state index contributed by atoms with van der Waals surface area (Å²) in [7, 11) is 1.42. The van der Waals surface area contributed by atoms with Crippen molar-refractivity contribution in [1.29, 1.82) is 0 Å². The van der Waals surface area contributed by atoms with Crippen molar-refractivity contribution in [2.24, 2.45) is 0 Å². The Hall–Kier alpha value is -1.64. The number of ketones is 1. The van der Waals surface area contributed by atoms with Gasteiger partial charge in [0.25, 0.3) is 0 Å². The fourth-order valence-electron chi connectivity index (χ4n) is 3.07. The molecule has 0 bridgehead atoms. The van der Waals surface area contributed by atoms with Crippen molar-refractivity contribution in [1.82, 2.24) is 0 Å². The Kier molecular flexibility index (Phi) is 3.74. The summed E-state index contributed by atoms with van der Waals surface area (Å²) in [5.74, 6) is 0.544. The Morgan fingerprint density at radius 1 is 1.32 bits per heavy atom. The zero-order chi connectivity index (χ0) is 14.2. The van der Waals surface area contributed by atoms with Crippen molar-refractivity contribution in [3.05, 3.63) is 34.4 Å². The number of methoxy groups -OCH3 is 1. The van der Waals surface area contributed by atoms with Crippen LogP contribution in [-0.4, -0.2) is 18.9 Å². The third-order valence-corrected chi connectivity index (χ3v) is 4.06. The van der Waals surface area contributed by atoms with E-state index in [9.17, 15) is 9.59 Å². The van der Waals surface area contributed by atoms with Gasteiger partial charge < -0.3 is 4.74 Å². The molecule has 0 spiro atoms. The van der Waals surface area contributed by atoms with Crippen LogP contribution in [-0.2, 0) is 9.53 Å². The van der Waals surface area contributed by atoms with E-state index in [2.05, 4.69) is 13.0 Å². The van der Waals surface area contributed by atoms with Gasteiger partial charge in [-0.2, -0.15) is 0 Å². The SMILES string of the molecule is COC(=O)C[C@H]1C[C@H](C)c2cc(C(C)=O)c(C)cc21. The normalized spacial score (nSPS) is 21.1. The highest BCUT2D eigenvalue weighted by molar-refractivity contribution is 5.96. The van der Waals surface area contributed by atoms with Crippen molar-refractivity contribution in [3.8, 4) is 0 Å². The lowest BCUT2D eigenvalue weighted by atomic mass is 9.93. The van der Waals surface area contributed by atoms with Crippen LogP contribution >= 0.6 is 0 Å². The monoisotopic (exact) mass is 260 g/mol. The summed E-state index contributed by atoms with van der Waals surface area (Å²) in [6, 6.07) is 4.08. The van der Waals surface area contributed by atoms with Crippen LogP contribution in [0, 0.1) is 6.92 Å². The number of esters is 1. The van der Waals surface area contributed by atoms with Crippen LogP contribution in [0.25, 0.3) is 0 Å². The van der Waals surface area contributed by atoms with Crippen LogP contribution in [0.2, 0.25) is 0 Å². The fraction of sp³-hybridized carbons (Fsp3) is 0.500. The summed E-state index contributed by atoms with van der Waals surface area (Å²) in [5.41, 5.74) is 4.21. The molecular weight excluding hydrogens is 240 g/mol. The molecule has 1 aliphatic carbocycles. The first-order chi connectivity index (χ1) is 8.93. The molecule has 0 saturated heterocycles. The Labute approximate surface area is 114 Å². The van der Waals surface area contributed by atoms with E-state index in [4.69, 9.17) is 4.74 Å². The minimum absolute atomic E-state index is 0.101. The molecule has 0 aromatic heterocycles. The van der Waals surface area contributed by atoms with Crippen LogP contribution in [0.4, 0.5) is 0 Å². The summed E-state index contributed by atoms with van der Waals surface area (Å²) in [6.07, 6.45) is 1.37. The van der Waals surface area contributed by atoms with E-state index in [-0.39, 0.29) is 17.7 Å². The Balaban J connectivity index is 2.39. The molecule has 0 unspecified atom stereocenters. The molecule has 19 heavy (non-hydrogen) atoms. The molecule has 1 aromatic carbocycles. The minimum atomic E-state index is -0.168. The molecule has 3 nitrogen and oxygen atoms in total. The second-order valence-corrected chi connectivity index (χ2v) is 5.47. The second kappa shape index (κ2) is 5.16. The molecule has 0 aliphatic heterocycles. The lowest BCUT2D eigenvalue weighted by molar-refractivity contribution is -0.141. The van der Waals surface area contributed by atoms with Gasteiger partial charge in [-0.1, -0.05) is 13.0 Å². The van der Waals surface area contributed by atoms with E-state index in [0.29, 0.717) is 12.3 Å². The lowest BCUT2D eigenvalue weighted by Crippen LogP contribution is -2.07. The van der Waals surface area contributed by atoms with Gasteiger partial charge in [0.2, 0.25) is 0 Å². The van der Waals surface area contributed by atoms with Crippen molar-refractivity contribution in [2.45, 2.75) is 45.4 Å². The van der Waals surface area contributed by atoms with Crippen LogP contribution in [0.3, 0.4) is 0 Å². The molecule has 2 atom stereocenters. The molecule has 3 heteroatoms. The Morgan fingerprint density at radius 3 is 2.58 bits per heavy atom. The lowest BCUT2D eigenvalue weighted by Gasteiger charge is -2.12. The molecule has 0 heterocycles. The van der Waals surface area contributed by atoms with E-state index >= 15 is 0 Å². The molecule has 1 aromatic rings. The average Bonchev–Trinajstić information content (AvgIpc) is 2.64. The Bertz CT molecular complexity index is 531. The van der Waals surface area contributed by atoms with Gasteiger partial charge in [-0.25, -0.2) is 0 Å². The van der Waals surface area contributed by atoms with Crippen molar-refractivity contribution >= 4 is 11.8 Å². The summed E-state index contributed by atoms with van der Waals surface area (Å²) >= 11 is 0. The predicted molar refractivity (Wildman–Crippen MR) is 73.6 cm³/mol. The molecule has 0 fully saturated rings. The maximum absolute atomic E-state index is 11.6. The number of Topliss-reactive ketones (excluding diaryl/α,β-unsaturated/α-hetero) is 1. The molecular formula is C16H20O3. The zero-order valence-electron chi connectivity index (χ0n) is 11.9. The molecule has 0 N–H and O–H groups in total. The summed E-state index contributed by atoms with van der Waals surface area (Å²) < 4.78 is 4.76. The molecule has 0 saturated carbocycles. The highest BCUT2D eigenvalue weighted by Gasteiger charge is 2.31. The van der Waals surface area contributed by atoms with Crippen molar-refractivity contribution < 1.29 is 14.3 Å². The smallest absolute Gasteiger partial charge is 0.306 e. The number of carbonyl (C=O) groups is 2. The van der Waals surface area contributed by atoms with Crippen LogP contribution in [0.1, 0.15) is 65.6 Å². The first kappa shape index (κ1) is 13.8. The quantitative estimate of drug-likeness (QED) is 0.618. The van der Waals surface area contributed by atoms with E-state index in [1.807, 2.05) is 13.0 Å². The molecule has 1 aliphatic rings. The number of fused-ring (bicyclic) bond motifs is 1. The summed E-state index contributed by atoms with van der Waals surface area (Å²) in [4.78, 5) is 23.1. The standard InChI is InChI=1S/C16H20O3/c1-9-5-12(7-16(18)19-4)15-6-10(2)13(11(3)17)8-14(9)15/h6,8-9,12H,5,7H2,1-4H3/t9-,12+/m0/s1. The third kappa shape index (κ3) is 2.55. The minimum Gasteiger partial charge on any atom is -0.469 e. The molecule has 0 radical (unpaired) electrons. The maximum atomic E-state index is 11.6.